The highest BCUT2D eigenvalue weighted by Gasteiger charge is 2.44. The van der Waals surface area contributed by atoms with E-state index in [1.807, 2.05) is 60.5 Å². The number of benzene rings is 1. The smallest absolute Gasteiger partial charge is 0.312 e. The molecule has 0 bridgehead atoms. The molecule has 0 saturated carbocycles. The van der Waals surface area contributed by atoms with Gasteiger partial charge in [0, 0.05) is 127 Å². The number of likely N-dealkylation sites (N-methyl/N-ethyl adjacent to an activating group) is 2. The first kappa shape index (κ1) is 93.7. The molecule has 3 aromatic rings. The number of carbonyl (C=O) groups is 10. The molecule has 3 heterocycles. The van der Waals surface area contributed by atoms with Crippen LogP contribution in [0.1, 0.15) is 168 Å². The van der Waals surface area contributed by atoms with Crippen LogP contribution in [0.3, 0.4) is 0 Å². The van der Waals surface area contributed by atoms with E-state index >= 15 is 0 Å². The Labute approximate surface area is 648 Å². The highest BCUT2D eigenvalue weighted by molar-refractivity contribution is 7.90. The lowest BCUT2D eigenvalue weighted by Crippen LogP contribution is -2.54. The summed E-state index contributed by atoms with van der Waals surface area (Å²) in [4.78, 5) is 151. The predicted octanol–water partition coefficient (Wildman–Crippen LogP) is 5.74. The Morgan fingerprint density at radius 3 is 2.07 bits per heavy atom. The van der Waals surface area contributed by atoms with Crippen LogP contribution in [0.2, 0.25) is 0 Å². The van der Waals surface area contributed by atoms with Crippen LogP contribution in [0.4, 0.5) is 4.79 Å². The number of sulfone groups is 1. The number of azide groups is 1. The summed E-state index contributed by atoms with van der Waals surface area (Å²) in [5, 5.41) is 22.9. The molecule has 32 nitrogen and oxygen atoms in total. The van der Waals surface area contributed by atoms with Crippen LogP contribution >= 0.6 is 0 Å². The summed E-state index contributed by atoms with van der Waals surface area (Å²) >= 11 is 0. The minimum Gasteiger partial charge on any atom is -0.380 e. The van der Waals surface area contributed by atoms with Crippen LogP contribution in [0.25, 0.3) is 10.4 Å². The summed E-state index contributed by atoms with van der Waals surface area (Å²) in [6, 6.07) is 3.28. The van der Waals surface area contributed by atoms with Gasteiger partial charge in [0.15, 0.2) is 23.1 Å². The molecule has 4 rings (SSSR count). The Morgan fingerprint density at radius 1 is 0.791 bits per heavy atom. The zero-order valence-electron chi connectivity index (χ0n) is 67.0. The van der Waals surface area contributed by atoms with E-state index in [9.17, 15) is 61.9 Å². The van der Waals surface area contributed by atoms with Crippen molar-refractivity contribution in [3.8, 4) is 11.8 Å². The van der Waals surface area contributed by atoms with Crippen molar-refractivity contribution < 1.29 is 75.3 Å². The number of urea groups is 1. The fourth-order valence-electron chi connectivity index (χ4n) is 13.7. The SMILES string of the molecule is CC[C@H](C)[C@@H]([C@@H](CC(=O)N1CCC[C@H]1[C@H](OC)[C@@H](C)C(=O)N[C@H](CN=[N+]=[N-])Cc1ccc(CC(=O)[C@H](CCCNC(N)=O)NC(=O)[C@@H](CC(=O)COCC(=O)CCCOCCn2cc(CNC(=O)CCCC#Cc3cnc(S(C)(=O)=O)nc3)nn2)C(C)C)cc1)OC)N(C)C(=O)[C@@H](CC(=O)[C@H](C(C)C)N(C)C)C(C)C. The molecular formula is C77H120N16O16S. The predicted molar refractivity (Wildman–Crippen MR) is 412 cm³/mol. The lowest BCUT2D eigenvalue weighted by Gasteiger charge is -2.41. The van der Waals surface area contributed by atoms with Crippen molar-refractivity contribution in [3.63, 3.8) is 0 Å². The van der Waals surface area contributed by atoms with Crippen molar-refractivity contribution in [1.82, 2.24) is 60.9 Å². The van der Waals surface area contributed by atoms with E-state index in [1.54, 1.807) is 72.8 Å². The lowest BCUT2D eigenvalue weighted by atomic mass is 9.83. The summed E-state index contributed by atoms with van der Waals surface area (Å²) in [5.74, 6) is 0.511. The largest absolute Gasteiger partial charge is 0.380 e. The van der Waals surface area contributed by atoms with Crippen molar-refractivity contribution in [3.05, 3.63) is 75.7 Å². The van der Waals surface area contributed by atoms with Crippen molar-refractivity contribution in [2.45, 2.75) is 219 Å². The van der Waals surface area contributed by atoms with E-state index in [4.69, 9.17) is 24.7 Å². The summed E-state index contributed by atoms with van der Waals surface area (Å²) < 4.78 is 48.0. The molecule has 0 aliphatic carbocycles. The number of hydrogen-bond donors (Lipinski definition) is 5. The molecule has 610 valence electrons. The van der Waals surface area contributed by atoms with E-state index < -0.39 is 94.2 Å². The molecule has 0 unspecified atom stereocenters. The molecule has 1 saturated heterocycles. The number of likely N-dealkylation sites (tertiary alicyclic amines) is 1. The molecular weight excluding hydrogens is 1440 g/mol. The van der Waals surface area contributed by atoms with E-state index in [2.05, 4.69) is 63.4 Å². The van der Waals surface area contributed by atoms with Crippen LogP contribution in [-0.2, 0) is 97.9 Å². The molecule has 110 heavy (non-hydrogen) atoms. The zero-order chi connectivity index (χ0) is 81.8. The summed E-state index contributed by atoms with van der Waals surface area (Å²) in [5.41, 5.74) is 17.1. The first-order chi connectivity index (χ1) is 52.1. The summed E-state index contributed by atoms with van der Waals surface area (Å²) in [7, 11) is 5.00. The van der Waals surface area contributed by atoms with E-state index in [-0.39, 0.29) is 167 Å². The average molecular weight is 1560 g/mol. The average Bonchev–Trinajstić information content (AvgIpc) is 0.887. The lowest BCUT2D eigenvalue weighted by molar-refractivity contribution is -0.149. The van der Waals surface area contributed by atoms with E-state index in [0.717, 1.165) is 11.8 Å². The second-order valence-electron chi connectivity index (χ2n) is 29.8. The number of nitrogens with one attached hydrogen (secondary N) is 4. The number of carbonyl (C=O) groups excluding carboxylic acids is 10. The molecule has 1 aliphatic heterocycles. The zero-order valence-corrected chi connectivity index (χ0v) is 67.8. The first-order valence-electron chi connectivity index (χ1n) is 38.1. The van der Waals surface area contributed by atoms with Crippen LogP contribution in [0, 0.1) is 53.3 Å². The highest BCUT2D eigenvalue weighted by Crippen LogP contribution is 2.32. The summed E-state index contributed by atoms with van der Waals surface area (Å²) in [6.07, 6.45) is 7.87. The van der Waals surface area contributed by atoms with Gasteiger partial charge in [-0.2, -0.15) is 0 Å². The monoisotopic (exact) mass is 1560 g/mol. The number of primary amides is 1. The normalized spacial score (nSPS) is 15.7. The molecule has 1 aromatic carbocycles. The highest BCUT2D eigenvalue weighted by atomic mass is 32.2. The van der Waals surface area contributed by atoms with E-state index in [0.29, 0.717) is 68.4 Å². The summed E-state index contributed by atoms with van der Waals surface area (Å²) in [6.45, 7) is 18.0. The Hall–Kier alpha value is -8.64. The number of amides is 7. The van der Waals surface area contributed by atoms with Crippen LogP contribution in [0.15, 0.2) is 53.1 Å². The third-order valence-electron chi connectivity index (χ3n) is 19.9. The molecule has 6 N–H and O–H groups in total. The van der Waals surface area contributed by atoms with Crippen LogP contribution in [0.5, 0.6) is 0 Å². The maximum Gasteiger partial charge on any atom is 0.312 e. The van der Waals surface area contributed by atoms with Crippen molar-refractivity contribution in [1.29, 1.82) is 0 Å². The van der Waals surface area contributed by atoms with Crippen molar-refractivity contribution in [2.75, 3.05) is 87.7 Å². The van der Waals surface area contributed by atoms with Crippen molar-refractivity contribution >= 4 is 68.5 Å². The van der Waals surface area contributed by atoms with Gasteiger partial charge in [-0.05, 0) is 99.4 Å². The number of nitrogens with two attached hydrogens (primary N) is 1. The standard InChI is InChI=1S/C77H120N16O16S/c1-16-52(8)71(91(12)75(102)62(50(4)5)40-66(97)70(51(6)7)90(10)11)67(106-13)41-69(99)93-33-21-26-64(93)72(107-14)53(9)73(100)85-57(45-84-88-79)37-54-28-30-55(31-29-54)38-65(96)63(25-20-32-80-76(78)103)86-74(101)61(49(2)3)39-60(95)48-109-47-59(94)24-22-35-108-36-34-92-46-58(87-89-92)44-81-68(98)27-19-17-18-23-56-42-82-77(83-43-56)110(15,104)105/h28-31,42-43,46,49-53,57,61-64,67,70-72H,16-17,19-22,24-27,32-41,44-45,47-48H2,1-15H3,(H,81,98)(H,85,100)(H,86,101)(H3,78,80,103)/t52-,53+,57-,61-,62-,63-,64-,67+,70-,71-,72+/m0/s1. The number of Topliss-reactive ketones (excluding diaryl/α,β-unsaturated/α-hetero) is 4. The molecule has 1 aliphatic rings. The number of ketones is 4. The first-order valence-corrected chi connectivity index (χ1v) is 40.0. The number of unbranched alkanes of at least 4 members (excludes halogenated alkanes) is 1. The molecule has 11 atom stereocenters. The maximum atomic E-state index is 14.6. The molecule has 1 fully saturated rings. The van der Waals surface area contributed by atoms with E-state index in [1.165, 1.54) is 26.6 Å². The van der Waals surface area contributed by atoms with Gasteiger partial charge in [-0.15, -0.1) is 5.10 Å². The van der Waals surface area contributed by atoms with Gasteiger partial charge in [0.2, 0.25) is 44.5 Å². The second-order valence-corrected chi connectivity index (χ2v) is 31.7. The minimum absolute atomic E-state index is 0.000924. The van der Waals surface area contributed by atoms with Gasteiger partial charge in [-0.3, -0.25) is 48.1 Å². The van der Waals surface area contributed by atoms with Gasteiger partial charge in [0.25, 0.3) is 0 Å². The molecule has 0 spiro atoms. The number of ether oxygens (including phenoxy) is 4. The van der Waals surface area contributed by atoms with Gasteiger partial charge in [-0.25, -0.2) is 27.9 Å². The number of aromatic nitrogens is 5. The third kappa shape index (κ3) is 32.0. The number of rotatable bonds is 52. The molecule has 33 heteroatoms. The van der Waals surface area contributed by atoms with Gasteiger partial charge in [0.1, 0.15) is 18.9 Å². The molecule has 7 amide bonds. The minimum atomic E-state index is -3.51. The van der Waals surface area contributed by atoms with Gasteiger partial charge in [0.05, 0.1) is 80.2 Å². The number of methoxy groups -OCH3 is 2. The van der Waals surface area contributed by atoms with Gasteiger partial charge >= 0.3 is 6.03 Å². The third-order valence-corrected chi connectivity index (χ3v) is 20.7. The Kier molecular flexibility index (Phi) is 41.1. The Morgan fingerprint density at radius 2 is 1.46 bits per heavy atom. The van der Waals surface area contributed by atoms with Gasteiger partial charge in [-0.1, -0.05) is 115 Å². The fraction of sp³-hybridized carbons (Fsp3) is 0.688. The Bertz CT molecular complexity index is 3700. The maximum absolute atomic E-state index is 14.6. The molecule has 0 radical (unpaired) electrons. The number of hydrogen-bond acceptors (Lipinski definition) is 22. The van der Waals surface area contributed by atoms with Crippen molar-refractivity contribution in [2.24, 2.45) is 52.3 Å². The Balaban J connectivity index is 1.27. The second kappa shape index (κ2) is 48.2. The van der Waals surface area contributed by atoms with Crippen LogP contribution < -0.4 is 27.0 Å². The molecule has 2 aromatic heterocycles. The quantitative estimate of drug-likeness (QED) is 0.0112. The van der Waals surface area contributed by atoms with Crippen LogP contribution in [-0.4, -0.2) is 237 Å². The fourth-order valence-corrected chi connectivity index (χ4v) is 14.2. The van der Waals surface area contributed by atoms with Gasteiger partial charge < -0.3 is 55.7 Å². The topological polar surface area (TPSA) is 431 Å². The number of nitrogens with zero attached hydrogens (tertiary/aromatic N) is 11.